The van der Waals surface area contributed by atoms with Gasteiger partial charge in [-0.25, -0.2) is 4.79 Å². The summed E-state index contributed by atoms with van der Waals surface area (Å²) in [4.78, 5) is 34.3. The number of esters is 1. The zero-order chi connectivity index (χ0) is 27.1. The Morgan fingerprint density at radius 2 is 1.41 bits per heavy atom. The molecule has 1 amide bonds. The number of benzene rings is 1. The van der Waals surface area contributed by atoms with Gasteiger partial charge in [0, 0.05) is 6.42 Å². The van der Waals surface area contributed by atoms with Gasteiger partial charge in [-0.15, -0.1) is 0 Å². The number of carbonyl (C=O) groups is 3. The first-order valence-corrected chi connectivity index (χ1v) is 11.8. The number of amides is 1. The van der Waals surface area contributed by atoms with Crippen molar-refractivity contribution in [2.24, 2.45) is 0 Å². The van der Waals surface area contributed by atoms with Crippen LogP contribution < -0.4 is 5.32 Å². The van der Waals surface area contributed by atoms with Crippen LogP contribution in [0.25, 0.3) is 0 Å². The molecule has 0 bridgehead atoms. The molecule has 0 aliphatic carbocycles. The normalized spacial score (nSPS) is 11.9. The van der Waals surface area contributed by atoms with Crippen molar-refractivity contribution >= 4 is 17.8 Å². The fourth-order valence-electron chi connectivity index (χ4n) is 2.64. The molecule has 0 aromatic heterocycles. The first kappa shape index (κ1) is 32.4. The molecule has 1 unspecified atom stereocenters. The van der Waals surface area contributed by atoms with Gasteiger partial charge in [0.25, 0.3) is 0 Å². The van der Waals surface area contributed by atoms with Gasteiger partial charge in [-0.3, -0.25) is 9.59 Å². The SMILES string of the molecule is O=C(O)CCOCC(COCCC(O)O)NC(=O)COCCOCCOCC(=O)OCc1ccccc1. The summed E-state index contributed by atoms with van der Waals surface area (Å²) in [6, 6.07) is 8.73. The quantitative estimate of drug-likeness (QED) is 0.0807. The van der Waals surface area contributed by atoms with Crippen molar-refractivity contribution < 1.29 is 58.1 Å². The topological polar surface area (TPSA) is 179 Å². The molecule has 0 saturated carbocycles. The maximum absolute atomic E-state index is 12.1. The standard InChI is InChI=1S/C24H37NO12/c26-21(25-20(15-33-8-6-22(27)28)16-34-9-7-23(29)30)17-35-12-10-32-11-13-36-18-24(31)37-14-19-4-2-1-3-5-19/h1-5,20,22,27-28H,6-18H2,(H,25,26)(H,29,30). The van der Waals surface area contributed by atoms with Crippen LogP contribution in [0.5, 0.6) is 0 Å². The van der Waals surface area contributed by atoms with Gasteiger partial charge in [0.2, 0.25) is 5.91 Å². The van der Waals surface area contributed by atoms with Crippen molar-refractivity contribution in [1.82, 2.24) is 5.32 Å². The Kier molecular flexibility index (Phi) is 18.8. The third-order valence-electron chi connectivity index (χ3n) is 4.42. The van der Waals surface area contributed by atoms with Gasteiger partial charge < -0.3 is 49.1 Å². The number of rotatable bonds is 23. The second-order valence-electron chi connectivity index (χ2n) is 7.69. The Hall–Kier alpha value is -2.65. The number of carbonyl (C=O) groups excluding carboxylic acids is 2. The van der Waals surface area contributed by atoms with Gasteiger partial charge in [0.15, 0.2) is 6.29 Å². The van der Waals surface area contributed by atoms with Crippen LogP contribution in [-0.2, 0) is 49.4 Å². The first-order valence-electron chi connectivity index (χ1n) is 11.8. The molecule has 37 heavy (non-hydrogen) atoms. The fourth-order valence-corrected chi connectivity index (χ4v) is 2.64. The van der Waals surface area contributed by atoms with E-state index in [-0.39, 0.29) is 85.5 Å². The number of aliphatic hydroxyl groups excluding tert-OH is 1. The maximum atomic E-state index is 12.1. The molecule has 210 valence electrons. The van der Waals surface area contributed by atoms with Crippen molar-refractivity contribution in [2.75, 3.05) is 66.1 Å². The van der Waals surface area contributed by atoms with Gasteiger partial charge in [-0.1, -0.05) is 30.3 Å². The number of carboxylic acids is 1. The third kappa shape index (κ3) is 20.1. The minimum Gasteiger partial charge on any atom is -0.481 e. The summed E-state index contributed by atoms with van der Waals surface area (Å²) in [6.07, 6.45) is -1.67. The van der Waals surface area contributed by atoms with Crippen molar-refractivity contribution in [3.05, 3.63) is 35.9 Å². The monoisotopic (exact) mass is 531 g/mol. The molecule has 13 nitrogen and oxygen atoms in total. The van der Waals surface area contributed by atoms with Gasteiger partial charge in [0.1, 0.15) is 19.8 Å². The minimum atomic E-state index is -1.50. The van der Waals surface area contributed by atoms with E-state index in [4.69, 9.17) is 43.7 Å². The number of aliphatic carboxylic acids is 1. The number of hydrogen-bond donors (Lipinski definition) is 4. The number of carboxylic acid groups (broad SMARTS) is 1. The van der Waals surface area contributed by atoms with Crippen LogP contribution in [0.15, 0.2) is 30.3 Å². The van der Waals surface area contributed by atoms with E-state index >= 15 is 0 Å². The smallest absolute Gasteiger partial charge is 0.332 e. The summed E-state index contributed by atoms with van der Waals surface area (Å²) in [7, 11) is 0. The van der Waals surface area contributed by atoms with Crippen LogP contribution in [0.2, 0.25) is 0 Å². The van der Waals surface area contributed by atoms with Crippen molar-refractivity contribution in [3.8, 4) is 0 Å². The molecule has 0 radical (unpaired) electrons. The van der Waals surface area contributed by atoms with Gasteiger partial charge in [0.05, 0.1) is 65.3 Å². The molecular formula is C24H37NO12. The summed E-state index contributed by atoms with van der Waals surface area (Å²) >= 11 is 0. The van der Waals surface area contributed by atoms with E-state index in [1.165, 1.54) is 0 Å². The highest BCUT2D eigenvalue weighted by Crippen LogP contribution is 2.00. The molecule has 0 heterocycles. The molecule has 1 rings (SSSR count). The molecule has 0 spiro atoms. The molecule has 0 saturated heterocycles. The summed E-state index contributed by atoms with van der Waals surface area (Å²) in [5, 5.41) is 29.0. The molecule has 1 aromatic carbocycles. The van der Waals surface area contributed by atoms with Crippen LogP contribution in [0.3, 0.4) is 0 Å². The Balaban J connectivity index is 2.07. The lowest BCUT2D eigenvalue weighted by molar-refractivity contribution is -0.150. The number of aliphatic hydroxyl groups is 2. The van der Waals surface area contributed by atoms with Crippen molar-refractivity contribution in [1.29, 1.82) is 0 Å². The summed E-state index contributed by atoms with van der Waals surface area (Å²) < 4.78 is 31.4. The molecule has 0 aliphatic heterocycles. The van der Waals surface area contributed by atoms with Crippen LogP contribution in [0.1, 0.15) is 18.4 Å². The molecular weight excluding hydrogens is 494 g/mol. The van der Waals surface area contributed by atoms with E-state index < -0.39 is 30.2 Å². The van der Waals surface area contributed by atoms with E-state index in [0.717, 1.165) is 5.56 Å². The largest absolute Gasteiger partial charge is 0.481 e. The Labute approximate surface area is 215 Å². The molecule has 1 atom stereocenters. The summed E-state index contributed by atoms with van der Waals surface area (Å²) in [5.41, 5.74) is 0.888. The van der Waals surface area contributed by atoms with E-state index in [1.807, 2.05) is 30.3 Å². The molecule has 1 aromatic rings. The van der Waals surface area contributed by atoms with Gasteiger partial charge in [-0.2, -0.15) is 0 Å². The van der Waals surface area contributed by atoms with Crippen molar-refractivity contribution in [3.63, 3.8) is 0 Å². The van der Waals surface area contributed by atoms with Crippen molar-refractivity contribution in [2.45, 2.75) is 31.8 Å². The lowest BCUT2D eigenvalue weighted by atomic mass is 10.2. The second kappa shape index (κ2) is 21.4. The van der Waals surface area contributed by atoms with E-state index in [9.17, 15) is 14.4 Å². The Morgan fingerprint density at radius 3 is 2.05 bits per heavy atom. The van der Waals surface area contributed by atoms with Crippen LogP contribution >= 0.6 is 0 Å². The zero-order valence-corrected chi connectivity index (χ0v) is 20.7. The van der Waals surface area contributed by atoms with E-state index in [0.29, 0.717) is 0 Å². The average molecular weight is 532 g/mol. The minimum absolute atomic E-state index is 0.00698. The highest BCUT2D eigenvalue weighted by molar-refractivity contribution is 5.77. The van der Waals surface area contributed by atoms with E-state index in [1.54, 1.807) is 0 Å². The highest BCUT2D eigenvalue weighted by Gasteiger charge is 2.14. The van der Waals surface area contributed by atoms with Crippen LogP contribution in [0.4, 0.5) is 0 Å². The predicted molar refractivity (Wildman–Crippen MR) is 127 cm³/mol. The van der Waals surface area contributed by atoms with Gasteiger partial charge in [-0.05, 0) is 5.56 Å². The molecule has 0 fully saturated rings. The lowest BCUT2D eigenvalue weighted by Gasteiger charge is -2.19. The molecule has 13 heteroatoms. The molecule has 4 N–H and O–H groups in total. The second-order valence-corrected chi connectivity index (χ2v) is 7.69. The number of nitrogens with one attached hydrogen (secondary N) is 1. The number of hydrogen-bond acceptors (Lipinski definition) is 11. The fraction of sp³-hybridized carbons (Fsp3) is 0.625. The van der Waals surface area contributed by atoms with Crippen LogP contribution in [-0.4, -0.2) is 112 Å². The van der Waals surface area contributed by atoms with Crippen LogP contribution in [0, 0.1) is 0 Å². The van der Waals surface area contributed by atoms with Gasteiger partial charge >= 0.3 is 11.9 Å². The Morgan fingerprint density at radius 1 is 0.784 bits per heavy atom. The van der Waals surface area contributed by atoms with E-state index in [2.05, 4.69) is 5.32 Å². The zero-order valence-electron chi connectivity index (χ0n) is 20.7. The summed E-state index contributed by atoms with van der Waals surface area (Å²) in [5.74, 6) is -1.91. The Bertz CT molecular complexity index is 747. The highest BCUT2D eigenvalue weighted by atomic mass is 16.6. The average Bonchev–Trinajstić information content (AvgIpc) is 2.87. The number of ether oxygens (including phenoxy) is 6. The first-order chi connectivity index (χ1) is 17.9. The third-order valence-corrected chi connectivity index (χ3v) is 4.42. The predicted octanol–water partition coefficient (Wildman–Crippen LogP) is -0.527. The molecule has 0 aliphatic rings. The maximum Gasteiger partial charge on any atom is 0.332 e. The lowest BCUT2D eigenvalue weighted by Crippen LogP contribution is -2.43. The summed E-state index contributed by atoms with van der Waals surface area (Å²) in [6.45, 7) is 0.638.